The van der Waals surface area contributed by atoms with Crippen LogP contribution in [-0.2, 0) is 17.8 Å². The third kappa shape index (κ3) is 5.55. The maximum atomic E-state index is 12.4. The number of amides is 2. The van der Waals surface area contributed by atoms with Crippen molar-refractivity contribution >= 4 is 11.7 Å². The lowest BCUT2D eigenvalue weighted by Crippen LogP contribution is -2.44. The van der Waals surface area contributed by atoms with Crippen LogP contribution >= 0.6 is 0 Å². The predicted octanol–water partition coefficient (Wildman–Crippen LogP) is 3.93. The first-order valence-corrected chi connectivity index (χ1v) is 9.56. The van der Waals surface area contributed by atoms with Crippen LogP contribution in [0.2, 0.25) is 0 Å². The molecule has 1 aliphatic heterocycles. The number of aryl methyl sites for hydroxylation is 1. The van der Waals surface area contributed by atoms with Crippen molar-refractivity contribution < 1.29 is 9.53 Å². The molecule has 2 aromatic rings. The van der Waals surface area contributed by atoms with Crippen molar-refractivity contribution in [3.8, 4) is 0 Å². The summed E-state index contributed by atoms with van der Waals surface area (Å²) in [5.41, 5.74) is 4.27. The van der Waals surface area contributed by atoms with Crippen molar-refractivity contribution in [2.24, 2.45) is 0 Å². The summed E-state index contributed by atoms with van der Waals surface area (Å²) in [6.45, 7) is 9.37. The van der Waals surface area contributed by atoms with Gasteiger partial charge in [-0.05, 0) is 43.5 Å². The van der Waals surface area contributed by atoms with Gasteiger partial charge in [-0.25, -0.2) is 4.79 Å². The minimum Gasteiger partial charge on any atom is -0.373 e. The topological polar surface area (TPSA) is 53.6 Å². The Balaban J connectivity index is 1.60. The molecule has 144 valence electrons. The fourth-order valence-electron chi connectivity index (χ4n) is 3.58. The normalized spacial score (nSPS) is 20.3. The zero-order valence-corrected chi connectivity index (χ0v) is 16.4. The number of ether oxygens (including phenoxy) is 1. The average molecular weight is 367 g/mol. The highest BCUT2D eigenvalue weighted by molar-refractivity contribution is 5.90. The lowest BCUT2D eigenvalue weighted by atomic mass is 10.1. The van der Waals surface area contributed by atoms with E-state index < -0.39 is 0 Å². The van der Waals surface area contributed by atoms with E-state index in [1.165, 1.54) is 5.56 Å². The fourth-order valence-corrected chi connectivity index (χ4v) is 3.58. The summed E-state index contributed by atoms with van der Waals surface area (Å²) in [5, 5.41) is 5.95. The second-order valence-electron chi connectivity index (χ2n) is 7.34. The lowest BCUT2D eigenvalue weighted by Gasteiger charge is -2.35. The number of nitrogens with zero attached hydrogens (tertiary/aromatic N) is 1. The van der Waals surface area contributed by atoms with Crippen molar-refractivity contribution in [3.05, 3.63) is 65.2 Å². The third-order valence-corrected chi connectivity index (χ3v) is 4.86. The van der Waals surface area contributed by atoms with Gasteiger partial charge in [0.1, 0.15) is 0 Å². The van der Waals surface area contributed by atoms with Crippen molar-refractivity contribution in [2.45, 2.75) is 46.1 Å². The highest BCUT2D eigenvalue weighted by Crippen LogP contribution is 2.20. The van der Waals surface area contributed by atoms with Crippen LogP contribution in [0, 0.1) is 6.92 Å². The highest BCUT2D eigenvalue weighted by Gasteiger charge is 2.22. The van der Waals surface area contributed by atoms with Gasteiger partial charge in [-0.2, -0.15) is 0 Å². The largest absolute Gasteiger partial charge is 0.373 e. The molecule has 1 saturated heterocycles. The van der Waals surface area contributed by atoms with Gasteiger partial charge < -0.3 is 15.4 Å². The smallest absolute Gasteiger partial charge is 0.319 e. The van der Waals surface area contributed by atoms with Gasteiger partial charge in [-0.15, -0.1) is 0 Å². The van der Waals surface area contributed by atoms with E-state index in [9.17, 15) is 4.79 Å². The summed E-state index contributed by atoms with van der Waals surface area (Å²) in [7, 11) is 0. The van der Waals surface area contributed by atoms with Crippen molar-refractivity contribution in [1.29, 1.82) is 0 Å². The van der Waals surface area contributed by atoms with Crippen molar-refractivity contribution in [1.82, 2.24) is 10.2 Å². The Morgan fingerprint density at radius 3 is 2.37 bits per heavy atom. The Labute approximate surface area is 161 Å². The van der Waals surface area contributed by atoms with Crippen LogP contribution in [0.3, 0.4) is 0 Å². The van der Waals surface area contributed by atoms with Crippen LogP contribution in [0.4, 0.5) is 10.5 Å². The van der Waals surface area contributed by atoms with Crippen molar-refractivity contribution in [3.63, 3.8) is 0 Å². The molecule has 0 bridgehead atoms. The second-order valence-corrected chi connectivity index (χ2v) is 7.34. The van der Waals surface area contributed by atoms with Gasteiger partial charge in [0.05, 0.1) is 12.2 Å². The molecule has 0 aliphatic carbocycles. The number of carbonyl (C=O) groups excluding carboxylic acids is 1. The Kier molecular flexibility index (Phi) is 6.48. The molecule has 0 saturated carbocycles. The number of benzene rings is 2. The van der Waals surface area contributed by atoms with Crippen LogP contribution in [0.15, 0.2) is 48.5 Å². The minimum atomic E-state index is -0.186. The van der Waals surface area contributed by atoms with Crippen molar-refractivity contribution in [2.75, 3.05) is 18.4 Å². The molecule has 5 nitrogen and oxygen atoms in total. The molecule has 27 heavy (non-hydrogen) atoms. The zero-order valence-electron chi connectivity index (χ0n) is 16.4. The molecule has 2 aromatic carbocycles. The van der Waals surface area contributed by atoms with E-state index in [1.807, 2.05) is 36.4 Å². The maximum absolute atomic E-state index is 12.4. The molecule has 1 fully saturated rings. The summed E-state index contributed by atoms with van der Waals surface area (Å²) in [4.78, 5) is 14.8. The molecule has 0 radical (unpaired) electrons. The number of anilines is 1. The molecule has 1 heterocycles. The second kappa shape index (κ2) is 9.02. The molecule has 0 aromatic heterocycles. The Bertz CT molecular complexity index is 768. The molecule has 2 N–H and O–H groups in total. The first kappa shape index (κ1) is 19.4. The van der Waals surface area contributed by atoms with Gasteiger partial charge in [-0.3, -0.25) is 4.90 Å². The summed E-state index contributed by atoms with van der Waals surface area (Å²) < 4.78 is 5.81. The molecule has 1 aliphatic rings. The number of hydrogen-bond donors (Lipinski definition) is 2. The quantitative estimate of drug-likeness (QED) is 0.842. The summed E-state index contributed by atoms with van der Waals surface area (Å²) in [6, 6.07) is 15.9. The highest BCUT2D eigenvalue weighted by atomic mass is 16.5. The number of para-hydroxylation sites is 1. The average Bonchev–Trinajstić information content (AvgIpc) is 2.62. The fraction of sp³-hybridized carbons (Fsp3) is 0.409. The first-order chi connectivity index (χ1) is 13.0. The molecule has 2 atom stereocenters. The summed E-state index contributed by atoms with van der Waals surface area (Å²) in [6.07, 6.45) is 0.456. The number of carbonyl (C=O) groups is 1. The molecule has 0 spiro atoms. The SMILES string of the molecule is Cc1ccccc1CNC(=O)Nc1ccccc1CN1CC(C)OC(C)C1. The van der Waals surface area contributed by atoms with E-state index in [1.54, 1.807) is 0 Å². The first-order valence-electron chi connectivity index (χ1n) is 9.56. The summed E-state index contributed by atoms with van der Waals surface area (Å²) >= 11 is 0. The maximum Gasteiger partial charge on any atom is 0.319 e. The van der Waals surface area contributed by atoms with Gasteiger partial charge in [0.15, 0.2) is 0 Å². The molecule has 5 heteroatoms. The van der Waals surface area contributed by atoms with E-state index in [4.69, 9.17) is 4.74 Å². The van der Waals surface area contributed by atoms with Crippen LogP contribution in [0.25, 0.3) is 0 Å². The van der Waals surface area contributed by atoms with E-state index in [2.05, 4.69) is 48.4 Å². The number of hydrogen-bond acceptors (Lipinski definition) is 3. The van der Waals surface area contributed by atoms with Crippen LogP contribution in [0.1, 0.15) is 30.5 Å². The third-order valence-electron chi connectivity index (χ3n) is 4.86. The van der Waals surface area contributed by atoms with E-state index in [-0.39, 0.29) is 18.2 Å². The number of nitrogens with one attached hydrogen (secondary N) is 2. The molecule has 2 amide bonds. The van der Waals surface area contributed by atoms with Crippen LogP contribution in [0.5, 0.6) is 0 Å². The van der Waals surface area contributed by atoms with Gasteiger partial charge >= 0.3 is 6.03 Å². The lowest BCUT2D eigenvalue weighted by molar-refractivity contribution is -0.0704. The zero-order chi connectivity index (χ0) is 19.2. The monoisotopic (exact) mass is 367 g/mol. The standard InChI is InChI=1S/C22H29N3O2/c1-16-8-4-5-9-19(16)12-23-22(26)24-21-11-7-6-10-20(21)15-25-13-17(2)27-18(3)14-25/h4-11,17-18H,12-15H2,1-3H3,(H2,23,24,26). The molecular formula is C22H29N3O2. The van der Waals surface area contributed by atoms with Crippen LogP contribution in [-0.4, -0.2) is 36.2 Å². The van der Waals surface area contributed by atoms with E-state index >= 15 is 0 Å². The van der Waals surface area contributed by atoms with Gasteiger partial charge in [0, 0.05) is 31.9 Å². The molecule has 2 unspecified atom stereocenters. The summed E-state index contributed by atoms with van der Waals surface area (Å²) in [5.74, 6) is 0. The van der Waals surface area contributed by atoms with Crippen LogP contribution < -0.4 is 10.6 Å². The molecular weight excluding hydrogens is 338 g/mol. The van der Waals surface area contributed by atoms with Gasteiger partial charge in [0.25, 0.3) is 0 Å². The van der Waals surface area contributed by atoms with Gasteiger partial charge in [0.2, 0.25) is 0 Å². The van der Waals surface area contributed by atoms with E-state index in [0.29, 0.717) is 6.54 Å². The molecule has 3 rings (SSSR count). The Morgan fingerprint density at radius 2 is 1.67 bits per heavy atom. The van der Waals surface area contributed by atoms with Gasteiger partial charge in [-0.1, -0.05) is 42.5 Å². The minimum absolute atomic E-state index is 0.186. The number of urea groups is 1. The Hall–Kier alpha value is -2.37. The number of morpholine rings is 1. The predicted molar refractivity (Wildman–Crippen MR) is 109 cm³/mol. The Morgan fingerprint density at radius 1 is 1.04 bits per heavy atom. The van der Waals surface area contributed by atoms with E-state index in [0.717, 1.165) is 36.4 Å². The number of rotatable bonds is 5.